The highest BCUT2D eigenvalue weighted by atomic mass is 14.2. The van der Waals surface area contributed by atoms with Gasteiger partial charge >= 0.3 is 0 Å². The molecule has 0 unspecified atom stereocenters. The lowest BCUT2D eigenvalue weighted by Gasteiger charge is -2.24. The molecule has 50 valence electrons. The van der Waals surface area contributed by atoms with E-state index < -0.39 is 0 Å². The van der Waals surface area contributed by atoms with Crippen molar-refractivity contribution in [3.8, 4) is 0 Å². The van der Waals surface area contributed by atoms with Crippen LogP contribution in [0.15, 0.2) is 47.1 Å². The summed E-state index contributed by atoms with van der Waals surface area (Å²) in [6.07, 6.45) is 7.58. The Balaban J connectivity index is 2.42. The summed E-state index contributed by atoms with van der Waals surface area (Å²) in [6, 6.07) is 0. The third-order valence-electron chi connectivity index (χ3n) is 2.07. The first kappa shape index (κ1) is 5.72. The van der Waals surface area contributed by atoms with Gasteiger partial charge in [-0.25, -0.2) is 0 Å². The molecule has 0 aromatic rings. The lowest BCUT2D eigenvalue weighted by atomic mass is 9.80. The lowest BCUT2D eigenvalue weighted by molar-refractivity contribution is 1.13. The highest BCUT2D eigenvalue weighted by Crippen LogP contribution is 2.37. The maximum absolute atomic E-state index is 4.00. The average molecular weight is 130 g/mol. The first-order valence-corrected chi connectivity index (χ1v) is 3.56. The number of rotatable bonds is 0. The summed E-state index contributed by atoms with van der Waals surface area (Å²) in [6.45, 7) is 6.14. The Kier molecular flexibility index (Phi) is 0.986. The Labute approximate surface area is 61.3 Å². The van der Waals surface area contributed by atoms with Crippen molar-refractivity contribution in [3.05, 3.63) is 47.1 Å². The highest BCUT2D eigenvalue weighted by molar-refractivity contribution is 5.66. The summed E-state index contributed by atoms with van der Waals surface area (Å²) in [4.78, 5) is 0. The number of hydrogen-bond donors (Lipinski definition) is 0. The Hall–Kier alpha value is -1.04. The second kappa shape index (κ2) is 1.72. The van der Waals surface area contributed by atoms with Crippen molar-refractivity contribution in [3.63, 3.8) is 0 Å². The highest BCUT2D eigenvalue weighted by Gasteiger charge is 2.18. The molecule has 0 heterocycles. The van der Waals surface area contributed by atoms with E-state index in [1.165, 1.54) is 22.3 Å². The van der Waals surface area contributed by atoms with Gasteiger partial charge in [0.25, 0.3) is 0 Å². The summed E-state index contributed by atoms with van der Waals surface area (Å²) in [5.74, 6) is 0. The quantitative estimate of drug-likeness (QED) is 0.473. The minimum atomic E-state index is 1.03. The van der Waals surface area contributed by atoms with Crippen molar-refractivity contribution in [2.75, 3.05) is 0 Å². The predicted octanol–water partition coefficient (Wildman–Crippen LogP) is 2.76. The van der Waals surface area contributed by atoms with Gasteiger partial charge in [0.2, 0.25) is 0 Å². The van der Waals surface area contributed by atoms with Crippen LogP contribution in [-0.2, 0) is 0 Å². The van der Waals surface area contributed by atoms with Crippen LogP contribution < -0.4 is 0 Å². The molecular formula is C10H10. The van der Waals surface area contributed by atoms with E-state index in [1.807, 2.05) is 0 Å². The topological polar surface area (TPSA) is 0 Å². The van der Waals surface area contributed by atoms with Crippen LogP contribution in [-0.4, -0.2) is 0 Å². The van der Waals surface area contributed by atoms with Crippen LogP contribution in [0.25, 0.3) is 0 Å². The molecule has 0 aromatic heterocycles. The van der Waals surface area contributed by atoms with Gasteiger partial charge in [-0.05, 0) is 35.6 Å². The maximum atomic E-state index is 4.00. The second-order valence-electron chi connectivity index (χ2n) is 2.87. The third kappa shape index (κ3) is 0.563. The molecule has 0 saturated carbocycles. The molecule has 0 saturated heterocycles. The van der Waals surface area contributed by atoms with E-state index in [1.54, 1.807) is 0 Å². The largest absolute Gasteiger partial charge is 0.0949 e. The molecule has 10 heavy (non-hydrogen) atoms. The third-order valence-corrected chi connectivity index (χ3v) is 2.07. The lowest BCUT2D eigenvalue weighted by Crippen LogP contribution is -2.05. The molecule has 0 N–H and O–H groups in total. The molecule has 0 aromatic carbocycles. The summed E-state index contributed by atoms with van der Waals surface area (Å²) in [5, 5.41) is 0. The molecule has 0 aliphatic heterocycles. The smallest absolute Gasteiger partial charge is 0.00937 e. The molecule has 0 fully saturated rings. The van der Waals surface area contributed by atoms with Gasteiger partial charge in [-0.3, -0.25) is 0 Å². The van der Waals surface area contributed by atoms with Crippen LogP contribution in [0.5, 0.6) is 0 Å². The zero-order chi connectivity index (χ0) is 7.14. The fraction of sp³-hybridized carbons (Fsp3) is 0.200. The van der Waals surface area contributed by atoms with Crippen molar-refractivity contribution in [2.45, 2.75) is 13.3 Å². The SMILES string of the molecule is C=C1CC=CC2=C1C(C)=C2. The molecule has 0 nitrogen and oxygen atoms in total. The van der Waals surface area contributed by atoms with E-state index in [4.69, 9.17) is 0 Å². The maximum Gasteiger partial charge on any atom is -0.00937 e. The van der Waals surface area contributed by atoms with Gasteiger partial charge in [0.05, 0.1) is 0 Å². The van der Waals surface area contributed by atoms with Gasteiger partial charge in [0, 0.05) is 0 Å². The zero-order valence-corrected chi connectivity index (χ0v) is 6.15. The Morgan fingerprint density at radius 1 is 1.50 bits per heavy atom. The van der Waals surface area contributed by atoms with Gasteiger partial charge in [0.1, 0.15) is 0 Å². The van der Waals surface area contributed by atoms with E-state index >= 15 is 0 Å². The van der Waals surface area contributed by atoms with Crippen molar-refractivity contribution >= 4 is 0 Å². The summed E-state index contributed by atoms with van der Waals surface area (Å²) in [7, 11) is 0. The van der Waals surface area contributed by atoms with E-state index in [2.05, 4.69) is 31.7 Å². The van der Waals surface area contributed by atoms with Crippen molar-refractivity contribution in [1.29, 1.82) is 0 Å². The minimum absolute atomic E-state index is 1.03. The monoisotopic (exact) mass is 130 g/mol. The molecule has 0 amide bonds. The Morgan fingerprint density at radius 2 is 2.30 bits per heavy atom. The van der Waals surface area contributed by atoms with Crippen LogP contribution in [0.2, 0.25) is 0 Å². The summed E-state index contributed by atoms with van der Waals surface area (Å²) in [5.41, 5.74) is 5.44. The predicted molar refractivity (Wildman–Crippen MR) is 43.7 cm³/mol. The fourth-order valence-electron chi connectivity index (χ4n) is 1.57. The molecular weight excluding hydrogens is 120 g/mol. The van der Waals surface area contributed by atoms with Crippen LogP contribution in [0.1, 0.15) is 13.3 Å². The van der Waals surface area contributed by atoms with Crippen LogP contribution in [0.3, 0.4) is 0 Å². The van der Waals surface area contributed by atoms with Gasteiger partial charge in [-0.2, -0.15) is 0 Å². The van der Waals surface area contributed by atoms with Gasteiger partial charge in [0.15, 0.2) is 0 Å². The first-order valence-electron chi connectivity index (χ1n) is 3.56. The molecule has 0 bridgehead atoms. The molecule has 2 rings (SSSR count). The van der Waals surface area contributed by atoms with E-state index in [0.717, 1.165) is 6.42 Å². The fourth-order valence-corrected chi connectivity index (χ4v) is 1.57. The van der Waals surface area contributed by atoms with Crippen molar-refractivity contribution in [2.24, 2.45) is 0 Å². The van der Waals surface area contributed by atoms with E-state index in [9.17, 15) is 0 Å². The molecule has 2 aliphatic carbocycles. The minimum Gasteiger partial charge on any atom is -0.0949 e. The van der Waals surface area contributed by atoms with Gasteiger partial charge in [-0.15, -0.1) is 0 Å². The van der Waals surface area contributed by atoms with Crippen LogP contribution in [0.4, 0.5) is 0 Å². The molecule has 0 spiro atoms. The van der Waals surface area contributed by atoms with Crippen LogP contribution in [0, 0.1) is 0 Å². The van der Waals surface area contributed by atoms with Crippen molar-refractivity contribution < 1.29 is 0 Å². The second-order valence-corrected chi connectivity index (χ2v) is 2.87. The molecule has 0 heteroatoms. The number of allylic oxidation sites excluding steroid dienone is 7. The Morgan fingerprint density at radius 3 is 2.80 bits per heavy atom. The molecule has 2 aliphatic rings. The van der Waals surface area contributed by atoms with Gasteiger partial charge in [-0.1, -0.05) is 24.8 Å². The van der Waals surface area contributed by atoms with Crippen molar-refractivity contribution in [1.82, 2.24) is 0 Å². The molecule has 0 radical (unpaired) electrons. The molecule has 0 atom stereocenters. The van der Waals surface area contributed by atoms with E-state index in [0.29, 0.717) is 0 Å². The van der Waals surface area contributed by atoms with Gasteiger partial charge < -0.3 is 0 Å². The summed E-state index contributed by atoms with van der Waals surface area (Å²) >= 11 is 0. The normalized spacial score (nSPS) is 22.1. The van der Waals surface area contributed by atoms with Crippen LogP contribution >= 0.6 is 0 Å². The number of hydrogen-bond acceptors (Lipinski definition) is 0. The summed E-state index contributed by atoms with van der Waals surface area (Å²) < 4.78 is 0. The standard InChI is InChI=1S/C10H10/c1-7-4-3-5-9-6-8(2)10(7)9/h3,5-6H,1,4H2,2H3. The zero-order valence-electron chi connectivity index (χ0n) is 6.15. The Bertz CT molecular complexity index is 281. The van der Waals surface area contributed by atoms with E-state index in [-0.39, 0.29) is 0 Å². The first-order chi connectivity index (χ1) is 4.79. The average Bonchev–Trinajstić information content (AvgIpc) is 1.85.